The van der Waals surface area contributed by atoms with Crippen molar-refractivity contribution in [3.05, 3.63) is 29.8 Å². The van der Waals surface area contributed by atoms with Crippen LogP contribution >= 0.6 is 0 Å². The number of aliphatic hydroxyl groups is 1. The Kier molecular flexibility index (Phi) is 7.51. The summed E-state index contributed by atoms with van der Waals surface area (Å²) in [5.41, 5.74) is 0.178. The number of ether oxygens (including phenoxy) is 2. The third-order valence-electron chi connectivity index (χ3n) is 3.01. The molecule has 7 heteroatoms. The molecule has 1 atom stereocenters. The third-order valence-corrected chi connectivity index (χ3v) is 3.01. The van der Waals surface area contributed by atoms with Crippen LogP contribution < -0.4 is 10.1 Å². The molecule has 0 heterocycles. The van der Waals surface area contributed by atoms with Gasteiger partial charge in [-0.3, -0.25) is 4.79 Å². The second kappa shape index (κ2) is 9.12. The largest absolute Gasteiger partial charge is 0.491 e. The molecule has 1 amide bonds. The lowest BCUT2D eigenvalue weighted by Crippen LogP contribution is -2.37. The molecule has 134 valence electrons. The molecule has 0 aliphatic rings. The Bertz CT molecular complexity index is 535. The zero-order valence-corrected chi connectivity index (χ0v) is 14.2. The molecule has 0 radical (unpaired) electrons. The van der Waals surface area contributed by atoms with Gasteiger partial charge in [-0.25, -0.2) is 4.79 Å². The fourth-order valence-corrected chi connectivity index (χ4v) is 1.94. The van der Waals surface area contributed by atoms with Gasteiger partial charge >= 0.3 is 12.1 Å². The van der Waals surface area contributed by atoms with Gasteiger partial charge < -0.3 is 25.0 Å². The predicted molar refractivity (Wildman–Crippen MR) is 88.1 cm³/mol. The molecule has 3 N–H and O–H groups in total. The first-order chi connectivity index (χ1) is 11.2. The number of carboxylic acids is 1. The van der Waals surface area contributed by atoms with Crippen molar-refractivity contribution in [1.82, 2.24) is 5.32 Å². The maximum Gasteiger partial charge on any atom is 0.407 e. The first-order valence-electron chi connectivity index (χ1n) is 7.73. The molecule has 0 fully saturated rings. The molecular weight excluding hydrogens is 314 g/mol. The van der Waals surface area contributed by atoms with E-state index in [4.69, 9.17) is 14.6 Å². The van der Waals surface area contributed by atoms with E-state index in [0.29, 0.717) is 5.75 Å². The van der Waals surface area contributed by atoms with E-state index in [-0.39, 0.29) is 26.2 Å². The third kappa shape index (κ3) is 7.82. The summed E-state index contributed by atoms with van der Waals surface area (Å²) < 4.78 is 10.3. The van der Waals surface area contributed by atoms with Crippen molar-refractivity contribution in [3.63, 3.8) is 0 Å². The van der Waals surface area contributed by atoms with Crippen LogP contribution in [0.3, 0.4) is 0 Å². The highest BCUT2D eigenvalue weighted by molar-refractivity contribution is 5.73. The maximum absolute atomic E-state index is 11.6. The van der Waals surface area contributed by atoms with Gasteiger partial charge in [0, 0.05) is 6.54 Å². The molecule has 1 aromatic rings. The summed E-state index contributed by atoms with van der Waals surface area (Å²) in [6.45, 7) is 5.33. The molecule has 0 aliphatic carbocycles. The lowest BCUT2D eigenvalue weighted by molar-refractivity contribution is -0.141. The van der Waals surface area contributed by atoms with Gasteiger partial charge in [-0.1, -0.05) is 12.1 Å². The van der Waals surface area contributed by atoms with Crippen molar-refractivity contribution >= 4 is 12.1 Å². The average Bonchev–Trinajstić information content (AvgIpc) is 2.48. The summed E-state index contributed by atoms with van der Waals surface area (Å²) >= 11 is 0. The van der Waals surface area contributed by atoms with Gasteiger partial charge in [0.1, 0.15) is 18.0 Å². The summed E-state index contributed by atoms with van der Waals surface area (Å²) in [4.78, 5) is 23.0. The number of alkyl carbamates (subject to hydrolysis) is 1. The van der Waals surface area contributed by atoms with Gasteiger partial charge in [-0.2, -0.15) is 0 Å². The monoisotopic (exact) mass is 339 g/mol. The number of rotatable bonds is 8. The summed E-state index contributed by atoms with van der Waals surface area (Å²) in [6.07, 6.45) is -0.368. The fourth-order valence-electron chi connectivity index (χ4n) is 1.94. The predicted octanol–water partition coefficient (Wildman–Crippen LogP) is 1.83. The van der Waals surface area contributed by atoms with E-state index in [1.807, 2.05) is 0 Å². The van der Waals surface area contributed by atoms with Gasteiger partial charge in [0.25, 0.3) is 0 Å². The normalized spacial score (nSPS) is 12.3. The van der Waals surface area contributed by atoms with Crippen LogP contribution in [0.1, 0.15) is 26.3 Å². The second-order valence-electron chi connectivity index (χ2n) is 6.34. The van der Waals surface area contributed by atoms with E-state index < -0.39 is 23.6 Å². The van der Waals surface area contributed by atoms with Crippen LogP contribution in [0.2, 0.25) is 0 Å². The Morgan fingerprint density at radius 1 is 1.21 bits per heavy atom. The van der Waals surface area contributed by atoms with Crippen molar-refractivity contribution in [1.29, 1.82) is 0 Å². The van der Waals surface area contributed by atoms with E-state index in [0.717, 1.165) is 5.56 Å². The molecular formula is C17H25NO6. The lowest BCUT2D eigenvalue weighted by Gasteiger charge is -2.21. The Morgan fingerprint density at radius 2 is 1.83 bits per heavy atom. The van der Waals surface area contributed by atoms with Gasteiger partial charge in [0.05, 0.1) is 12.5 Å². The quantitative estimate of drug-likeness (QED) is 0.667. The SMILES string of the molecule is CC(C)(C)OC(=O)NCC(Cc1ccc(OCCO)cc1)C(=O)O. The molecule has 0 bridgehead atoms. The van der Waals surface area contributed by atoms with Crippen LogP contribution in [0.15, 0.2) is 24.3 Å². The first-order valence-corrected chi connectivity index (χ1v) is 7.73. The van der Waals surface area contributed by atoms with Crippen molar-refractivity contribution < 1.29 is 29.3 Å². The number of hydrogen-bond donors (Lipinski definition) is 3. The molecule has 0 aliphatic heterocycles. The minimum Gasteiger partial charge on any atom is -0.491 e. The van der Waals surface area contributed by atoms with Crippen LogP contribution in [0, 0.1) is 5.92 Å². The Labute approximate surface area is 141 Å². The topological polar surface area (TPSA) is 105 Å². The first kappa shape index (κ1) is 19.8. The summed E-state index contributed by atoms with van der Waals surface area (Å²) in [5, 5.41) is 20.5. The second-order valence-corrected chi connectivity index (χ2v) is 6.34. The number of carbonyl (C=O) groups excluding carboxylic acids is 1. The van der Waals surface area contributed by atoms with Crippen LogP contribution in [0.25, 0.3) is 0 Å². The number of benzene rings is 1. The molecule has 7 nitrogen and oxygen atoms in total. The van der Waals surface area contributed by atoms with E-state index in [1.54, 1.807) is 45.0 Å². The van der Waals surface area contributed by atoms with E-state index in [1.165, 1.54) is 0 Å². The minimum atomic E-state index is -0.994. The number of aliphatic carboxylic acids is 1. The smallest absolute Gasteiger partial charge is 0.407 e. The molecule has 0 spiro atoms. The number of carbonyl (C=O) groups is 2. The van der Waals surface area contributed by atoms with Crippen LogP contribution in [0.5, 0.6) is 5.75 Å². The average molecular weight is 339 g/mol. The van der Waals surface area contributed by atoms with Crippen LogP contribution in [-0.4, -0.2) is 47.6 Å². The molecule has 1 aromatic carbocycles. The van der Waals surface area contributed by atoms with Crippen molar-refractivity contribution in [2.45, 2.75) is 32.8 Å². The summed E-state index contributed by atoms with van der Waals surface area (Å²) in [6, 6.07) is 6.95. The molecule has 1 rings (SSSR count). The lowest BCUT2D eigenvalue weighted by atomic mass is 9.99. The molecule has 0 saturated carbocycles. The van der Waals surface area contributed by atoms with Crippen LogP contribution in [-0.2, 0) is 16.0 Å². The zero-order valence-electron chi connectivity index (χ0n) is 14.2. The molecule has 0 aromatic heterocycles. The number of hydrogen-bond acceptors (Lipinski definition) is 5. The van der Waals surface area contributed by atoms with E-state index >= 15 is 0 Å². The summed E-state index contributed by atoms with van der Waals surface area (Å²) in [7, 11) is 0. The highest BCUT2D eigenvalue weighted by atomic mass is 16.6. The number of amides is 1. The van der Waals surface area contributed by atoms with Gasteiger partial charge in [0.2, 0.25) is 0 Å². The molecule has 1 unspecified atom stereocenters. The van der Waals surface area contributed by atoms with Crippen LogP contribution in [0.4, 0.5) is 4.79 Å². The van der Waals surface area contributed by atoms with E-state index in [9.17, 15) is 14.7 Å². The van der Waals surface area contributed by atoms with Gasteiger partial charge in [0.15, 0.2) is 0 Å². The Morgan fingerprint density at radius 3 is 2.33 bits per heavy atom. The standard InChI is InChI=1S/C17H25NO6/c1-17(2,3)24-16(22)18-11-13(15(20)21)10-12-4-6-14(7-5-12)23-9-8-19/h4-7,13,19H,8-11H2,1-3H3,(H,18,22)(H,20,21). The number of aliphatic hydroxyl groups excluding tert-OH is 1. The highest BCUT2D eigenvalue weighted by Crippen LogP contribution is 2.15. The minimum absolute atomic E-state index is 0.0208. The number of carboxylic acid groups (broad SMARTS) is 1. The Balaban J connectivity index is 2.57. The van der Waals surface area contributed by atoms with Gasteiger partial charge in [-0.15, -0.1) is 0 Å². The highest BCUT2D eigenvalue weighted by Gasteiger charge is 2.21. The number of nitrogens with one attached hydrogen (secondary N) is 1. The van der Waals surface area contributed by atoms with Crippen molar-refractivity contribution in [2.75, 3.05) is 19.8 Å². The van der Waals surface area contributed by atoms with Gasteiger partial charge in [-0.05, 0) is 44.9 Å². The molecule has 24 heavy (non-hydrogen) atoms. The van der Waals surface area contributed by atoms with Crippen molar-refractivity contribution in [3.8, 4) is 5.75 Å². The summed E-state index contributed by atoms with van der Waals surface area (Å²) in [5.74, 6) is -1.15. The zero-order chi connectivity index (χ0) is 18.2. The van der Waals surface area contributed by atoms with E-state index in [2.05, 4.69) is 5.32 Å². The molecule has 0 saturated heterocycles. The Hall–Kier alpha value is -2.28. The fraction of sp³-hybridized carbons (Fsp3) is 0.529. The van der Waals surface area contributed by atoms with Crippen molar-refractivity contribution in [2.24, 2.45) is 5.92 Å². The maximum atomic E-state index is 11.6.